The fourth-order valence-electron chi connectivity index (χ4n) is 3.46. The van der Waals surface area contributed by atoms with Crippen LogP contribution in [0, 0.1) is 0 Å². The number of likely N-dealkylation sites (N-methyl/N-ethyl adjacent to an activating group) is 1. The number of carbonyl (C=O) groups is 1. The number of carboxylic acid groups (broad SMARTS) is 1. The Morgan fingerprint density at radius 2 is 2.05 bits per heavy atom. The SMILES string of the molecule is CCC1CCC(C)N1CC(NC)(C(=O)O)c1ccccc1. The molecule has 0 saturated carbocycles. The summed E-state index contributed by atoms with van der Waals surface area (Å²) >= 11 is 0. The van der Waals surface area contributed by atoms with Crippen LogP contribution in [0.3, 0.4) is 0 Å². The highest BCUT2D eigenvalue weighted by atomic mass is 16.4. The van der Waals surface area contributed by atoms with Crippen LogP contribution in [0.2, 0.25) is 0 Å². The highest BCUT2D eigenvalue weighted by Crippen LogP contribution is 2.31. The number of benzene rings is 1. The van der Waals surface area contributed by atoms with Crippen LogP contribution in [0.5, 0.6) is 0 Å². The van der Waals surface area contributed by atoms with E-state index in [1.807, 2.05) is 30.3 Å². The van der Waals surface area contributed by atoms with Crippen molar-refractivity contribution in [2.45, 2.75) is 50.7 Å². The third-order valence-corrected chi connectivity index (χ3v) is 4.90. The van der Waals surface area contributed by atoms with Crippen molar-refractivity contribution >= 4 is 5.97 Å². The van der Waals surface area contributed by atoms with Crippen molar-refractivity contribution in [2.24, 2.45) is 0 Å². The summed E-state index contributed by atoms with van der Waals surface area (Å²) in [6.45, 7) is 4.88. The van der Waals surface area contributed by atoms with Crippen LogP contribution >= 0.6 is 0 Å². The lowest BCUT2D eigenvalue weighted by Crippen LogP contribution is -2.57. The fraction of sp³-hybridized carbons (Fsp3) is 0.588. The van der Waals surface area contributed by atoms with E-state index in [1.165, 1.54) is 0 Å². The number of nitrogens with one attached hydrogen (secondary N) is 1. The van der Waals surface area contributed by atoms with Crippen molar-refractivity contribution in [3.63, 3.8) is 0 Å². The number of hydrogen-bond acceptors (Lipinski definition) is 3. The second-order valence-corrected chi connectivity index (χ2v) is 5.99. The first-order chi connectivity index (χ1) is 10.0. The Balaban J connectivity index is 2.35. The van der Waals surface area contributed by atoms with E-state index in [1.54, 1.807) is 7.05 Å². The minimum atomic E-state index is -1.05. The summed E-state index contributed by atoms with van der Waals surface area (Å²) in [5, 5.41) is 13.0. The van der Waals surface area contributed by atoms with Gasteiger partial charge >= 0.3 is 5.97 Å². The van der Waals surface area contributed by atoms with Crippen LogP contribution in [0.25, 0.3) is 0 Å². The van der Waals surface area contributed by atoms with Gasteiger partial charge in [0.25, 0.3) is 0 Å². The van der Waals surface area contributed by atoms with E-state index in [0.717, 1.165) is 24.8 Å². The van der Waals surface area contributed by atoms with Crippen molar-refractivity contribution in [1.29, 1.82) is 0 Å². The van der Waals surface area contributed by atoms with Crippen molar-refractivity contribution in [1.82, 2.24) is 10.2 Å². The maximum Gasteiger partial charge on any atom is 0.329 e. The van der Waals surface area contributed by atoms with Crippen LogP contribution in [0.4, 0.5) is 0 Å². The number of nitrogens with zero attached hydrogens (tertiary/aromatic N) is 1. The summed E-state index contributed by atoms with van der Waals surface area (Å²) < 4.78 is 0. The van der Waals surface area contributed by atoms with Crippen LogP contribution in [-0.4, -0.2) is 41.7 Å². The molecule has 0 amide bonds. The predicted octanol–water partition coefficient (Wildman–Crippen LogP) is 2.45. The van der Waals surface area contributed by atoms with Gasteiger partial charge in [0.2, 0.25) is 0 Å². The number of carboxylic acids is 1. The molecule has 4 heteroatoms. The van der Waals surface area contributed by atoms with Gasteiger partial charge in [0, 0.05) is 18.6 Å². The Morgan fingerprint density at radius 3 is 2.57 bits per heavy atom. The summed E-state index contributed by atoms with van der Waals surface area (Å²) in [5.41, 5.74) is -0.234. The van der Waals surface area contributed by atoms with Gasteiger partial charge in [0.1, 0.15) is 0 Å². The zero-order chi connectivity index (χ0) is 15.5. The van der Waals surface area contributed by atoms with Gasteiger partial charge in [-0.25, -0.2) is 4.79 Å². The molecule has 1 aromatic rings. The summed E-state index contributed by atoms with van der Waals surface area (Å²) in [7, 11) is 1.74. The smallest absolute Gasteiger partial charge is 0.329 e. The van der Waals surface area contributed by atoms with Gasteiger partial charge in [-0.1, -0.05) is 37.3 Å². The van der Waals surface area contributed by atoms with Gasteiger partial charge in [-0.15, -0.1) is 0 Å². The van der Waals surface area contributed by atoms with E-state index in [2.05, 4.69) is 24.1 Å². The van der Waals surface area contributed by atoms with Crippen LogP contribution in [-0.2, 0) is 10.3 Å². The zero-order valence-electron chi connectivity index (χ0n) is 13.2. The molecule has 1 aliphatic heterocycles. The average molecular weight is 290 g/mol. The van der Waals surface area contributed by atoms with Crippen molar-refractivity contribution < 1.29 is 9.90 Å². The molecule has 0 aliphatic carbocycles. The monoisotopic (exact) mass is 290 g/mol. The van der Waals surface area contributed by atoms with E-state index in [9.17, 15) is 9.90 Å². The molecular formula is C17H26N2O2. The Hall–Kier alpha value is -1.39. The van der Waals surface area contributed by atoms with Crippen LogP contribution < -0.4 is 5.32 Å². The van der Waals surface area contributed by atoms with Gasteiger partial charge in [-0.05, 0) is 38.8 Å². The normalized spacial score (nSPS) is 25.7. The molecule has 2 rings (SSSR count). The fourth-order valence-corrected chi connectivity index (χ4v) is 3.46. The van der Waals surface area contributed by atoms with Gasteiger partial charge in [-0.3, -0.25) is 4.90 Å². The molecule has 1 heterocycles. The molecule has 0 bridgehead atoms. The molecule has 1 aromatic carbocycles. The maximum atomic E-state index is 12.1. The largest absolute Gasteiger partial charge is 0.480 e. The molecule has 116 valence electrons. The Morgan fingerprint density at radius 1 is 1.38 bits per heavy atom. The first kappa shape index (κ1) is 16.0. The van der Waals surface area contributed by atoms with E-state index >= 15 is 0 Å². The van der Waals surface area contributed by atoms with Crippen molar-refractivity contribution in [3.05, 3.63) is 35.9 Å². The first-order valence-electron chi connectivity index (χ1n) is 7.78. The Kier molecular flexibility index (Phi) is 5.01. The Labute approximate surface area is 127 Å². The van der Waals surface area contributed by atoms with E-state index in [4.69, 9.17) is 0 Å². The summed E-state index contributed by atoms with van der Waals surface area (Å²) in [4.78, 5) is 14.4. The van der Waals surface area contributed by atoms with Gasteiger partial charge < -0.3 is 10.4 Å². The molecule has 21 heavy (non-hydrogen) atoms. The number of aliphatic carboxylic acids is 1. The molecule has 0 radical (unpaired) electrons. The molecule has 0 aromatic heterocycles. The molecule has 0 spiro atoms. The number of hydrogen-bond donors (Lipinski definition) is 2. The summed E-state index contributed by atoms with van der Waals surface area (Å²) in [6.07, 6.45) is 3.37. The number of rotatable bonds is 6. The standard InChI is InChI=1S/C17H26N2O2/c1-4-15-11-10-13(2)19(15)12-17(18-3,16(20)21)14-8-6-5-7-9-14/h5-9,13,15,18H,4,10-12H2,1-3H3,(H,20,21). The molecule has 3 atom stereocenters. The highest BCUT2D eigenvalue weighted by Gasteiger charge is 2.44. The lowest BCUT2D eigenvalue weighted by atomic mass is 9.88. The summed E-state index contributed by atoms with van der Waals surface area (Å²) in [5.74, 6) is -0.815. The van der Waals surface area contributed by atoms with Gasteiger partial charge in [0.15, 0.2) is 5.54 Å². The third-order valence-electron chi connectivity index (χ3n) is 4.90. The van der Waals surface area contributed by atoms with E-state index in [0.29, 0.717) is 18.6 Å². The third kappa shape index (κ3) is 2.97. The second-order valence-electron chi connectivity index (χ2n) is 5.99. The van der Waals surface area contributed by atoms with E-state index in [-0.39, 0.29) is 0 Å². The first-order valence-corrected chi connectivity index (χ1v) is 7.78. The lowest BCUT2D eigenvalue weighted by Gasteiger charge is -2.38. The Bertz CT molecular complexity index is 477. The number of likely N-dealkylation sites (tertiary alicyclic amines) is 1. The molecule has 2 N–H and O–H groups in total. The quantitative estimate of drug-likeness (QED) is 0.845. The minimum Gasteiger partial charge on any atom is -0.480 e. The second kappa shape index (κ2) is 6.58. The molecule has 4 nitrogen and oxygen atoms in total. The zero-order valence-corrected chi connectivity index (χ0v) is 13.2. The predicted molar refractivity (Wildman–Crippen MR) is 84.3 cm³/mol. The van der Waals surface area contributed by atoms with Crippen LogP contribution in [0.15, 0.2) is 30.3 Å². The maximum absolute atomic E-state index is 12.1. The molecule has 1 aliphatic rings. The highest BCUT2D eigenvalue weighted by molar-refractivity contribution is 5.81. The topological polar surface area (TPSA) is 52.6 Å². The average Bonchev–Trinajstić information content (AvgIpc) is 2.85. The van der Waals surface area contributed by atoms with Crippen LogP contribution in [0.1, 0.15) is 38.7 Å². The molecule has 1 saturated heterocycles. The van der Waals surface area contributed by atoms with Gasteiger partial charge in [-0.2, -0.15) is 0 Å². The van der Waals surface area contributed by atoms with Gasteiger partial charge in [0.05, 0.1) is 0 Å². The molecule has 1 fully saturated rings. The summed E-state index contributed by atoms with van der Waals surface area (Å²) in [6, 6.07) is 10.4. The minimum absolute atomic E-state index is 0.436. The molecule has 3 unspecified atom stereocenters. The lowest BCUT2D eigenvalue weighted by molar-refractivity contribution is -0.146. The van der Waals surface area contributed by atoms with Crippen molar-refractivity contribution in [3.8, 4) is 0 Å². The van der Waals surface area contributed by atoms with E-state index < -0.39 is 11.5 Å². The molecular weight excluding hydrogens is 264 g/mol. The van der Waals surface area contributed by atoms with Crippen molar-refractivity contribution in [2.75, 3.05) is 13.6 Å².